The summed E-state index contributed by atoms with van der Waals surface area (Å²) in [5, 5.41) is 12.8. The quantitative estimate of drug-likeness (QED) is 0.210. The zero-order valence-electron chi connectivity index (χ0n) is 22.0. The van der Waals surface area contributed by atoms with Gasteiger partial charge < -0.3 is 10.3 Å². The van der Waals surface area contributed by atoms with Crippen molar-refractivity contribution >= 4 is 27.5 Å². The molecule has 194 valence electrons. The molecule has 0 radical (unpaired) electrons. The molecule has 3 N–H and O–H groups in total. The number of fused-ring (bicyclic) bond motifs is 2. The lowest BCUT2D eigenvalue weighted by atomic mass is 9.91. The highest BCUT2D eigenvalue weighted by atomic mass is 19.1. The van der Waals surface area contributed by atoms with Crippen LogP contribution in [0.25, 0.3) is 55.7 Å². The van der Waals surface area contributed by atoms with Gasteiger partial charge in [0.05, 0.1) is 40.7 Å². The molecule has 0 aliphatic rings. The van der Waals surface area contributed by atoms with E-state index < -0.39 is 0 Å². The number of H-pyrrole nitrogens is 2. The third-order valence-corrected chi connectivity index (χ3v) is 6.48. The highest BCUT2D eigenvalue weighted by Gasteiger charge is 2.17. The second-order valence-electron chi connectivity index (χ2n) is 10.9. The molecular weight excluding hydrogens is 489 g/mol. The van der Waals surface area contributed by atoms with Gasteiger partial charge in [-0.2, -0.15) is 5.10 Å². The van der Waals surface area contributed by atoms with Crippen molar-refractivity contribution in [1.82, 2.24) is 30.1 Å². The van der Waals surface area contributed by atoms with E-state index in [2.05, 4.69) is 62.8 Å². The molecule has 0 saturated carbocycles. The Kier molecular flexibility index (Phi) is 5.95. The summed E-state index contributed by atoms with van der Waals surface area (Å²) in [6.45, 7) is 10.7. The fourth-order valence-corrected chi connectivity index (χ4v) is 4.87. The smallest absolute Gasteiger partial charge is 0.132 e. The van der Waals surface area contributed by atoms with Gasteiger partial charge in [-0.3, -0.25) is 20.1 Å². The van der Waals surface area contributed by atoms with Gasteiger partial charge in [-0.05, 0) is 48.2 Å². The van der Waals surface area contributed by atoms with E-state index in [1.807, 2.05) is 30.3 Å². The lowest BCUT2D eigenvalue weighted by Crippen LogP contribution is -2.10. The highest BCUT2D eigenvalue weighted by Crippen LogP contribution is 2.35. The summed E-state index contributed by atoms with van der Waals surface area (Å²) in [6.07, 6.45) is 7.87. The number of hydrogen-bond donors (Lipinski definition) is 3. The predicted octanol–water partition coefficient (Wildman–Crippen LogP) is 7.73. The number of aromatic nitrogens is 6. The number of pyridine rings is 3. The van der Waals surface area contributed by atoms with Crippen molar-refractivity contribution in [2.75, 3.05) is 5.32 Å². The topological polar surface area (TPSA) is 95.2 Å². The number of rotatable bonds is 6. The van der Waals surface area contributed by atoms with E-state index in [4.69, 9.17) is 0 Å². The van der Waals surface area contributed by atoms with E-state index >= 15 is 0 Å². The van der Waals surface area contributed by atoms with Gasteiger partial charge in [-0.15, -0.1) is 0 Å². The number of allylic oxidation sites excluding steroid dienone is 1. The Morgan fingerprint density at radius 1 is 0.949 bits per heavy atom. The average Bonchev–Trinajstić information content (AvgIpc) is 3.51. The maximum atomic E-state index is 14.6. The summed E-state index contributed by atoms with van der Waals surface area (Å²) in [5.41, 5.74) is 7.81. The molecule has 39 heavy (non-hydrogen) atoms. The van der Waals surface area contributed by atoms with Crippen molar-refractivity contribution < 1.29 is 4.39 Å². The summed E-state index contributed by atoms with van der Waals surface area (Å²) in [6, 6.07) is 14.5. The van der Waals surface area contributed by atoms with Crippen molar-refractivity contribution in [3.63, 3.8) is 0 Å². The van der Waals surface area contributed by atoms with Crippen LogP contribution in [0, 0.1) is 11.2 Å². The number of anilines is 1. The monoisotopic (exact) mass is 517 g/mol. The Bertz CT molecular complexity index is 1840. The third kappa shape index (κ3) is 4.88. The van der Waals surface area contributed by atoms with E-state index in [0.717, 1.165) is 62.3 Å². The summed E-state index contributed by atoms with van der Waals surface area (Å²) >= 11 is 0. The molecule has 0 aliphatic carbocycles. The fourth-order valence-electron chi connectivity index (χ4n) is 4.87. The summed E-state index contributed by atoms with van der Waals surface area (Å²) in [5.74, 6) is -0.312. The zero-order valence-corrected chi connectivity index (χ0v) is 22.0. The molecule has 5 aromatic heterocycles. The van der Waals surface area contributed by atoms with E-state index in [9.17, 15) is 4.39 Å². The molecule has 6 rings (SSSR count). The predicted molar refractivity (Wildman–Crippen MR) is 154 cm³/mol. The first-order chi connectivity index (χ1) is 18.7. The van der Waals surface area contributed by atoms with Crippen LogP contribution in [0.1, 0.15) is 27.2 Å². The zero-order chi connectivity index (χ0) is 27.1. The van der Waals surface area contributed by atoms with Gasteiger partial charge in [0.1, 0.15) is 11.5 Å². The maximum Gasteiger partial charge on any atom is 0.132 e. The minimum absolute atomic E-state index is 0.133. The third-order valence-electron chi connectivity index (χ3n) is 6.48. The molecule has 6 aromatic rings. The molecule has 1 aromatic carbocycles. The molecule has 0 bridgehead atoms. The van der Waals surface area contributed by atoms with Crippen molar-refractivity contribution in [2.45, 2.75) is 27.2 Å². The lowest BCUT2D eigenvalue weighted by Gasteiger charge is -2.20. The summed E-state index contributed by atoms with van der Waals surface area (Å²) < 4.78 is 14.6. The van der Waals surface area contributed by atoms with Crippen LogP contribution < -0.4 is 5.32 Å². The van der Waals surface area contributed by atoms with Crippen LogP contribution in [0.3, 0.4) is 0 Å². The minimum atomic E-state index is -0.312. The lowest BCUT2D eigenvalue weighted by molar-refractivity contribution is 0.411. The molecule has 5 heterocycles. The first-order valence-electron chi connectivity index (χ1n) is 12.7. The standard InChI is InChI=1S/C31H28FN7/c1-18(14-31(2,3)4)36-20-11-19(15-33-16-20)26-12-23-28(17-35-26)38-39-30(23)27-13-22-25(37-27)9-10-34-29(22)21-7-5-6-8-24(21)32/h5-13,15-17,36-37H,1,14H2,2-4H3,(H,38,39). The Labute approximate surface area is 225 Å². The van der Waals surface area contributed by atoms with Crippen molar-refractivity contribution in [1.29, 1.82) is 0 Å². The van der Waals surface area contributed by atoms with Crippen LogP contribution in [-0.2, 0) is 0 Å². The van der Waals surface area contributed by atoms with Crippen LogP contribution in [0.15, 0.2) is 85.6 Å². The number of benzene rings is 1. The second-order valence-corrected chi connectivity index (χ2v) is 10.9. The van der Waals surface area contributed by atoms with Gasteiger partial charge in [0.2, 0.25) is 0 Å². The molecule has 0 atom stereocenters. The van der Waals surface area contributed by atoms with Crippen molar-refractivity contribution in [3.05, 3.63) is 91.4 Å². The molecule has 0 spiro atoms. The number of nitrogens with zero attached hydrogens (tertiary/aromatic N) is 4. The number of nitrogens with one attached hydrogen (secondary N) is 3. The van der Waals surface area contributed by atoms with Crippen LogP contribution in [-0.4, -0.2) is 30.1 Å². The van der Waals surface area contributed by atoms with E-state index in [-0.39, 0.29) is 11.2 Å². The van der Waals surface area contributed by atoms with Crippen molar-refractivity contribution in [2.24, 2.45) is 5.41 Å². The first kappa shape index (κ1) is 24.5. The van der Waals surface area contributed by atoms with E-state index in [0.29, 0.717) is 11.3 Å². The molecule has 0 amide bonds. The van der Waals surface area contributed by atoms with Gasteiger partial charge in [-0.1, -0.05) is 39.5 Å². The number of halogens is 1. The first-order valence-corrected chi connectivity index (χ1v) is 12.7. The minimum Gasteiger partial charge on any atom is -0.358 e. The van der Waals surface area contributed by atoms with Gasteiger partial charge in [0.25, 0.3) is 0 Å². The Balaban J connectivity index is 1.37. The molecule has 8 heteroatoms. The van der Waals surface area contributed by atoms with E-state index in [1.54, 1.807) is 36.9 Å². The largest absolute Gasteiger partial charge is 0.358 e. The summed E-state index contributed by atoms with van der Waals surface area (Å²) in [7, 11) is 0. The maximum absolute atomic E-state index is 14.6. The van der Waals surface area contributed by atoms with Crippen LogP contribution in [0.2, 0.25) is 0 Å². The Hall–Kier alpha value is -4.85. The molecular formula is C31H28FN7. The number of hydrogen-bond acceptors (Lipinski definition) is 5. The van der Waals surface area contributed by atoms with Gasteiger partial charge >= 0.3 is 0 Å². The summed E-state index contributed by atoms with van der Waals surface area (Å²) in [4.78, 5) is 17.0. The number of aromatic amines is 2. The average molecular weight is 518 g/mol. The van der Waals surface area contributed by atoms with E-state index in [1.165, 1.54) is 6.07 Å². The Morgan fingerprint density at radius 2 is 1.77 bits per heavy atom. The molecule has 0 saturated heterocycles. The highest BCUT2D eigenvalue weighted by molar-refractivity contribution is 6.00. The molecule has 0 fully saturated rings. The van der Waals surface area contributed by atoms with Crippen LogP contribution >= 0.6 is 0 Å². The van der Waals surface area contributed by atoms with Crippen LogP contribution in [0.4, 0.5) is 10.1 Å². The molecule has 0 aliphatic heterocycles. The molecule has 0 unspecified atom stereocenters. The van der Waals surface area contributed by atoms with Gasteiger partial charge in [-0.25, -0.2) is 4.39 Å². The normalized spacial score (nSPS) is 11.8. The fraction of sp³-hybridized carbons (Fsp3) is 0.161. The van der Waals surface area contributed by atoms with Gasteiger partial charge in [0.15, 0.2) is 0 Å². The SMILES string of the molecule is C=C(CC(C)(C)C)Nc1cncc(-c2cc3c(-c4cc5c(-c6ccccc6F)nccc5[nH]4)n[nH]c3cn2)c1. The van der Waals surface area contributed by atoms with Crippen LogP contribution in [0.5, 0.6) is 0 Å². The van der Waals surface area contributed by atoms with Crippen molar-refractivity contribution in [3.8, 4) is 33.9 Å². The Morgan fingerprint density at radius 3 is 2.59 bits per heavy atom. The van der Waals surface area contributed by atoms with Gasteiger partial charge in [0, 0.05) is 45.5 Å². The molecule has 7 nitrogen and oxygen atoms in total. The second kappa shape index (κ2) is 9.47.